The molecule has 0 atom stereocenters. The number of aromatic nitrogens is 1. The van der Waals surface area contributed by atoms with Crippen LogP contribution < -0.4 is 0 Å². The van der Waals surface area contributed by atoms with E-state index in [1.165, 1.54) is 12.1 Å². The van der Waals surface area contributed by atoms with E-state index in [1.807, 2.05) is 0 Å². The molecule has 0 saturated carbocycles. The molecule has 0 N–H and O–H groups in total. The summed E-state index contributed by atoms with van der Waals surface area (Å²) in [6.07, 6.45) is -2.37. The van der Waals surface area contributed by atoms with Gasteiger partial charge in [0.25, 0.3) is 0 Å². The summed E-state index contributed by atoms with van der Waals surface area (Å²) < 4.78 is 41.3. The topological polar surface area (TPSA) is 25.2 Å². The van der Waals surface area contributed by atoms with Gasteiger partial charge in [-0.15, -0.1) is 0 Å². The Morgan fingerprint density at radius 3 is 2.43 bits per heavy atom. The molecule has 1 aromatic carbocycles. The van der Waals surface area contributed by atoms with Gasteiger partial charge in [0.05, 0.1) is 17.1 Å². The van der Waals surface area contributed by atoms with Crippen LogP contribution in [0, 0.1) is 19.8 Å². The normalized spacial score (nSPS) is 16.5. The Bertz CT molecular complexity index is 881. The molecule has 1 aliphatic rings. The molecule has 0 amide bonds. The molecule has 0 spiro atoms. The van der Waals surface area contributed by atoms with Crippen LogP contribution in [0.1, 0.15) is 47.1 Å². The second-order valence-electron chi connectivity index (χ2n) is 7.66. The first-order valence-corrected chi connectivity index (χ1v) is 9.77. The predicted molar refractivity (Wildman–Crippen MR) is 104 cm³/mol. The lowest BCUT2D eigenvalue weighted by molar-refractivity contribution is -0.137. The number of Topliss-reactive ketones (excluding diaryl/α,β-unsaturated/α-hetero) is 1. The molecule has 1 aromatic heterocycles. The van der Waals surface area contributed by atoms with Crippen LogP contribution in [0.2, 0.25) is 5.02 Å². The van der Waals surface area contributed by atoms with Crippen LogP contribution in [-0.2, 0) is 6.18 Å². The molecule has 7 heteroatoms. The highest BCUT2D eigenvalue weighted by Crippen LogP contribution is 2.36. The fourth-order valence-corrected chi connectivity index (χ4v) is 4.05. The van der Waals surface area contributed by atoms with Crippen molar-refractivity contribution < 1.29 is 18.0 Å². The third-order valence-corrected chi connectivity index (χ3v) is 5.82. The average molecular weight is 413 g/mol. The summed E-state index contributed by atoms with van der Waals surface area (Å²) in [7, 11) is 0. The number of benzene rings is 1. The van der Waals surface area contributed by atoms with E-state index in [1.54, 1.807) is 24.5 Å². The van der Waals surface area contributed by atoms with Crippen molar-refractivity contribution in [3.8, 4) is 5.69 Å². The first-order valence-electron chi connectivity index (χ1n) is 9.39. The number of nitrogens with zero attached hydrogens (tertiary/aromatic N) is 2. The SMILES string of the molecule is Cc1cc(C(=O)CN2CCC(C)CC2)c(C)n1-c1ccc(Cl)c(C(F)(F)F)c1. The Morgan fingerprint density at radius 1 is 1.18 bits per heavy atom. The minimum Gasteiger partial charge on any atom is -0.318 e. The molecule has 3 rings (SSSR count). The quantitative estimate of drug-likeness (QED) is 0.603. The molecule has 1 fully saturated rings. The van der Waals surface area contributed by atoms with E-state index in [0.29, 0.717) is 35.1 Å². The minimum atomic E-state index is -4.54. The molecule has 2 heterocycles. The van der Waals surface area contributed by atoms with Gasteiger partial charge in [0.15, 0.2) is 5.78 Å². The standard InChI is InChI=1S/C21H24ClF3N2O/c1-13-6-8-26(9-7-13)12-20(28)17-10-14(2)27(15(17)3)16-4-5-19(22)18(11-16)21(23,24)25/h4-5,10-11,13H,6-9,12H2,1-3H3. The highest BCUT2D eigenvalue weighted by molar-refractivity contribution is 6.31. The van der Waals surface area contributed by atoms with Crippen LogP contribution in [-0.4, -0.2) is 34.9 Å². The summed E-state index contributed by atoms with van der Waals surface area (Å²) in [5.41, 5.74) is 1.37. The predicted octanol–water partition coefficient (Wildman–Crippen LogP) is 5.68. The molecule has 1 aliphatic heterocycles. The van der Waals surface area contributed by atoms with Crippen LogP contribution in [0.25, 0.3) is 5.69 Å². The van der Waals surface area contributed by atoms with Crippen LogP contribution in [0.5, 0.6) is 0 Å². The molecule has 0 radical (unpaired) electrons. The van der Waals surface area contributed by atoms with E-state index >= 15 is 0 Å². The summed E-state index contributed by atoms with van der Waals surface area (Å²) in [5, 5.41) is -0.339. The molecule has 2 aromatic rings. The Hall–Kier alpha value is -1.79. The number of rotatable bonds is 4. The Balaban J connectivity index is 1.89. The lowest BCUT2D eigenvalue weighted by Gasteiger charge is -2.29. The van der Waals surface area contributed by atoms with Crippen LogP contribution in [0.15, 0.2) is 24.3 Å². The highest BCUT2D eigenvalue weighted by Gasteiger charge is 2.33. The molecule has 3 nitrogen and oxygen atoms in total. The number of hydrogen-bond donors (Lipinski definition) is 0. The van der Waals surface area contributed by atoms with Crippen molar-refractivity contribution >= 4 is 17.4 Å². The Morgan fingerprint density at radius 2 is 1.82 bits per heavy atom. The largest absolute Gasteiger partial charge is 0.417 e. The number of piperidine rings is 1. The molecular weight excluding hydrogens is 389 g/mol. The Kier molecular flexibility index (Phi) is 5.92. The van der Waals surface area contributed by atoms with Crippen molar-refractivity contribution in [3.05, 3.63) is 51.8 Å². The molecular formula is C21H24ClF3N2O. The van der Waals surface area contributed by atoms with E-state index in [2.05, 4.69) is 11.8 Å². The number of hydrogen-bond acceptors (Lipinski definition) is 2. The summed E-state index contributed by atoms with van der Waals surface area (Å²) in [5.74, 6) is 0.683. The second kappa shape index (κ2) is 7.91. The van der Waals surface area contributed by atoms with E-state index in [-0.39, 0.29) is 10.8 Å². The molecule has 0 bridgehead atoms. The van der Waals surface area contributed by atoms with Crippen molar-refractivity contribution in [1.82, 2.24) is 9.47 Å². The number of ketones is 1. The zero-order chi connectivity index (χ0) is 20.6. The van der Waals surface area contributed by atoms with Crippen molar-refractivity contribution in [1.29, 1.82) is 0 Å². The number of likely N-dealkylation sites (tertiary alicyclic amines) is 1. The number of carbonyl (C=O) groups excluding carboxylic acids is 1. The molecule has 0 aliphatic carbocycles. The summed E-state index contributed by atoms with van der Waals surface area (Å²) >= 11 is 5.73. The maximum Gasteiger partial charge on any atom is 0.417 e. The van der Waals surface area contributed by atoms with E-state index in [9.17, 15) is 18.0 Å². The van der Waals surface area contributed by atoms with Gasteiger partial charge >= 0.3 is 6.18 Å². The number of carbonyl (C=O) groups is 1. The zero-order valence-corrected chi connectivity index (χ0v) is 17.0. The van der Waals surface area contributed by atoms with Crippen molar-refractivity contribution in [2.24, 2.45) is 5.92 Å². The minimum absolute atomic E-state index is 0.00101. The summed E-state index contributed by atoms with van der Waals surface area (Å²) in [6, 6.07) is 5.57. The fourth-order valence-electron chi connectivity index (χ4n) is 3.82. The van der Waals surface area contributed by atoms with Gasteiger partial charge in [0.1, 0.15) is 0 Å². The third-order valence-electron chi connectivity index (χ3n) is 5.49. The monoisotopic (exact) mass is 412 g/mol. The van der Waals surface area contributed by atoms with Gasteiger partial charge < -0.3 is 4.57 Å². The van der Waals surface area contributed by atoms with Crippen LogP contribution >= 0.6 is 11.6 Å². The number of aryl methyl sites for hydroxylation is 1. The van der Waals surface area contributed by atoms with Crippen molar-refractivity contribution in [2.45, 2.75) is 39.8 Å². The number of halogens is 4. The van der Waals surface area contributed by atoms with Gasteiger partial charge in [-0.05, 0) is 70.0 Å². The van der Waals surface area contributed by atoms with Gasteiger partial charge in [-0.25, -0.2) is 0 Å². The maximum absolute atomic E-state index is 13.2. The molecule has 0 unspecified atom stereocenters. The first kappa shape index (κ1) is 20.9. The smallest absolute Gasteiger partial charge is 0.318 e. The fraction of sp³-hybridized carbons (Fsp3) is 0.476. The second-order valence-corrected chi connectivity index (χ2v) is 8.07. The van der Waals surface area contributed by atoms with Gasteiger partial charge in [0, 0.05) is 22.6 Å². The lowest BCUT2D eigenvalue weighted by atomic mass is 9.99. The maximum atomic E-state index is 13.2. The first-order chi connectivity index (χ1) is 13.1. The molecule has 28 heavy (non-hydrogen) atoms. The van der Waals surface area contributed by atoms with Gasteiger partial charge in [-0.1, -0.05) is 18.5 Å². The van der Waals surface area contributed by atoms with E-state index in [4.69, 9.17) is 11.6 Å². The van der Waals surface area contributed by atoms with Crippen molar-refractivity contribution in [2.75, 3.05) is 19.6 Å². The van der Waals surface area contributed by atoms with Gasteiger partial charge in [-0.3, -0.25) is 9.69 Å². The molecule has 152 valence electrons. The third kappa shape index (κ3) is 4.28. The lowest BCUT2D eigenvalue weighted by Crippen LogP contribution is -2.36. The zero-order valence-electron chi connectivity index (χ0n) is 16.2. The Labute approximate surface area is 168 Å². The van der Waals surface area contributed by atoms with Gasteiger partial charge in [-0.2, -0.15) is 13.2 Å². The number of alkyl halides is 3. The highest BCUT2D eigenvalue weighted by atomic mass is 35.5. The average Bonchev–Trinajstić information content (AvgIpc) is 2.91. The van der Waals surface area contributed by atoms with E-state index < -0.39 is 11.7 Å². The molecule has 1 saturated heterocycles. The van der Waals surface area contributed by atoms with Crippen molar-refractivity contribution in [3.63, 3.8) is 0 Å². The summed E-state index contributed by atoms with van der Waals surface area (Å²) in [4.78, 5) is 15.0. The van der Waals surface area contributed by atoms with Gasteiger partial charge in [0.2, 0.25) is 0 Å². The van der Waals surface area contributed by atoms with Crippen LogP contribution in [0.4, 0.5) is 13.2 Å². The van der Waals surface area contributed by atoms with E-state index in [0.717, 1.165) is 32.0 Å². The van der Waals surface area contributed by atoms with Crippen LogP contribution in [0.3, 0.4) is 0 Å². The summed E-state index contributed by atoms with van der Waals surface area (Å²) in [6.45, 7) is 7.91.